The Morgan fingerprint density at radius 3 is 2.79 bits per heavy atom. The molecule has 9 heteroatoms. The monoisotopic (exact) mass is 352 g/mol. The number of aliphatic hydroxyl groups is 1. The summed E-state index contributed by atoms with van der Waals surface area (Å²) in [4.78, 5) is 0.0271. The Bertz CT molecular complexity index is 797. The zero-order valence-electron chi connectivity index (χ0n) is 13.2. The Morgan fingerprint density at radius 1 is 1.38 bits per heavy atom. The molecule has 3 rings (SSSR count). The topological polar surface area (TPSA) is 111 Å². The van der Waals surface area contributed by atoms with E-state index in [1.807, 2.05) is 0 Å². The van der Waals surface area contributed by atoms with Crippen LogP contribution in [0.3, 0.4) is 0 Å². The number of ether oxygens (including phenoxy) is 1. The van der Waals surface area contributed by atoms with Gasteiger partial charge in [-0.15, -0.1) is 0 Å². The molecule has 1 fully saturated rings. The van der Waals surface area contributed by atoms with Gasteiger partial charge in [0.1, 0.15) is 10.6 Å². The highest BCUT2D eigenvalue weighted by atomic mass is 32.2. The molecule has 24 heavy (non-hydrogen) atoms. The number of nitrogens with two attached hydrogens (primary N) is 1. The van der Waals surface area contributed by atoms with Crippen LogP contribution in [0.1, 0.15) is 6.42 Å². The molecular weight excluding hydrogens is 332 g/mol. The number of rotatable bonds is 4. The van der Waals surface area contributed by atoms with Gasteiger partial charge in [0.05, 0.1) is 18.9 Å². The van der Waals surface area contributed by atoms with Crippen molar-refractivity contribution < 1.29 is 18.3 Å². The lowest BCUT2D eigenvalue weighted by atomic mass is 10.1. The summed E-state index contributed by atoms with van der Waals surface area (Å²) in [7, 11) is -2.44. The van der Waals surface area contributed by atoms with Crippen molar-refractivity contribution in [3.63, 3.8) is 0 Å². The quantitative estimate of drug-likeness (QED) is 0.799. The van der Waals surface area contributed by atoms with E-state index in [9.17, 15) is 13.5 Å². The van der Waals surface area contributed by atoms with Crippen LogP contribution >= 0.6 is 0 Å². The van der Waals surface area contributed by atoms with Crippen LogP contribution in [-0.4, -0.2) is 60.0 Å². The van der Waals surface area contributed by atoms with Crippen LogP contribution in [0.5, 0.6) is 5.75 Å². The van der Waals surface area contributed by atoms with E-state index < -0.39 is 22.2 Å². The standard InChI is InChI=1S/C15H20N4O4S/c1-23-14-4-3-12(19-6-2-5-17-19)8-15(14)24(21,22)18-9-11(16)7-13(20)10-18/h2-6,8,11,13,20H,7,9-10,16H2,1H3/t11-,13+/m0/s1. The molecule has 0 amide bonds. The van der Waals surface area contributed by atoms with Gasteiger partial charge in [-0.2, -0.15) is 9.40 Å². The van der Waals surface area contributed by atoms with Crippen LogP contribution < -0.4 is 10.5 Å². The first-order valence-electron chi connectivity index (χ1n) is 7.53. The second-order valence-electron chi connectivity index (χ2n) is 5.76. The summed E-state index contributed by atoms with van der Waals surface area (Å²) in [6.45, 7) is 0.180. The van der Waals surface area contributed by atoms with Gasteiger partial charge >= 0.3 is 0 Å². The molecule has 1 aromatic carbocycles. The summed E-state index contributed by atoms with van der Waals surface area (Å²) in [6, 6.07) is 6.17. The normalized spacial score (nSPS) is 22.5. The molecule has 0 saturated carbocycles. The zero-order valence-corrected chi connectivity index (χ0v) is 14.1. The van der Waals surface area contributed by atoms with Crippen molar-refractivity contribution in [2.24, 2.45) is 5.73 Å². The van der Waals surface area contributed by atoms with Crippen molar-refractivity contribution in [2.75, 3.05) is 20.2 Å². The summed E-state index contributed by atoms with van der Waals surface area (Å²) in [6.07, 6.45) is 2.94. The number of nitrogens with zero attached hydrogens (tertiary/aromatic N) is 3. The second kappa shape index (κ2) is 6.52. The van der Waals surface area contributed by atoms with Gasteiger partial charge in [0.25, 0.3) is 0 Å². The lowest BCUT2D eigenvalue weighted by Crippen LogP contribution is -2.51. The molecule has 2 aromatic rings. The third-order valence-corrected chi connectivity index (χ3v) is 5.81. The molecule has 1 aliphatic heterocycles. The molecule has 1 aliphatic rings. The van der Waals surface area contributed by atoms with E-state index in [2.05, 4.69) is 5.10 Å². The first kappa shape index (κ1) is 16.9. The highest BCUT2D eigenvalue weighted by Gasteiger charge is 2.34. The van der Waals surface area contributed by atoms with Gasteiger partial charge in [-0.3, -0.25) is 0 Å². The maximum atomic E-state index is 13.0. The molecule has 2 atom stereocenters. The minimum atomic E-state index is -3.86. The summed E-state index contributed by atoms with van der Waals surface area (Å²) in [5, 5.41) is 14.0. The first-order chi connectivity index (χ1) is 11.4. The molecule has 130 valence electrons. The van der Waals surface area contributed by atoms with E-state index in [0.29, 0.717) is 12.1 Å². The fourth-order valence-electron chi connectivity index (χ4n) is 2.84. The molecule has 0 bridgehead atoms. The average Bonchev–Trinajstić information content (AvgIpc) is 3.07. The fourth-order valence-corrected chi connectivity index (χ4v) is 4.55. The first-order valence-corrected chi connectivity index (χ1v) is 8.97. The summed E-state index contributed by atoms with van der Waals surface area (Å²) < 4.78 is 34.0. The number of hydrogen-bond donors (Lipinski definition) is 2. The smallest absolute Gasteiger partial charge is 0.246 e. The third kappa shape index (κ3) is 3.16. The van der Waals surface area contributed by atoms with E-state index in [4.69, 9.17) is 10.5 Å². The van der Waals surface area contributed by atoms with Crippen molar-refractivity contribution in [1.29, 1.82) is 0 Å². The average molecular weight is 352 g/mol. The third-order valence-electron chi connectivity index (χ3n) is 3.96. The zero-order chi connectivity index (χ0) is 17.3. The Balaban J connectivity index is 2.04. The SMILES string of the molecule is COc1ccc(-n2cccn2)cc1S(=O)(=O)N1C[C@@H](N)C[C@@H](O)C1. The molecule has 8 nitrogen and oxygen atoms in total. The number of sulfonamides is 1. The largest absolute Gasteiger partial charge is 0.495 e. The van der Waals surface area contributed by atoms with Crippen LogP contribution in [0, 0.1) is 0 Å². The van der Waals surface area contributed by atoms with Crippen LogP contribution in [0.2, 0.25) is 0 Å². The highest BCUT2D eigenvalue weighted by molar-refractivity contribution is 7.89. The van der Waals surface area contributed by atoms with Gasteiger partial charge in [0.15, 0.2) is 0 Å². The molecular formula is C15H20N4O4S. The summed E-state index contributed by atoms with van der Waals surface area (Å²) >= 11 is 0. The van der Waals surface area contributed by atoms with Crippen molar-refractivity contribution in [3.8, 4) is 11.4 Å². The van der Waals surface area contributed by atoms with Crippen molar-refractivity contribution in [3.05, 3.63) is 36.7 Å². The number of aromatic nitrogens is 2. The number of piperidine rings is 1. The molecule has 0 unspecified atom stereocenters. The number of benzene rings is 1. The number of aliphatic hydroxyl groups excluding tert-OH is 1. The Hall–Kier alpha value is -1.94. The number of methoxy groups -OCH3 is 1. The molecule has 0 radical (unpaired) electrons. The van der Waals surface area contributed by atoms with Gasteiger partial charge in [0, 0.05) is 31.5 Å². The number of β-amino-alcohol motifs (C(OH)–C–C–N with tert-alkyl or cyclic N) is 1. The predicted octanol–water partition coefficient (Wildman–Crippen LogP) is -0.0365. The van der Waals surface area contributed by atoms with Gasteiger partial charge < -0.3 is 15.6 Å². The summed E-state index contributed by atoms with van der Waals surface area (Å²) in [5.74, 6) is 0.236. The fraction of sp³-hybridized carbons (Fsp3) is 0.400. The highest BCUT2D eigenvalue weighted by Crippen LogP contribution is 2.30. The minimum Gasteiger partial charge on any atom is -0.495 e. The Morgan fingerprint density at radius 2 is 2.17 bits per heavy atom. The molecule has 3 N–H and O–H groups in total. The molecule has 2 heterocycles. The lowest BCUT2D eigenvalue weighted by Gasteiger charge is -2.33. The van der Waals surface area contributed by atoms with E-state index in [-0.39, 0.29) is 23.7 Å². The van der Waals surface area contributed by atoms with Crippen LogP contribution in [0.25, 0.3) is 5.69 Å². The van der Waals surface area contributed by atoms with Crippen LogP contribution in [-0.2, 0) is 10.0 Å². The van der Waals surface area contributed by atoms with Crippen molar-refractivity contribution in [2.45, 2.75) is 23.5 Å². The molecule has 1 aromatic heterocycles. The minimum absolute atomic E-state index is 0.0190. The van der Waals surface area contributed by atoms with E-state index in [1.54, 1.807) is 35.3 Å². The van der Waals surface area contributed by atoms with Crippen molar-refractivity contribution >= 4 is 10.0 Å². The maximum Gasteiger partial charge on any atom is 0.246 e. The van der Waals surface area contributed by atoms with E-state index >= 15 is 0 Å². The van der Waals surface area contributed by atoms with Crippen LogP contribution in [0.15, 0.2) is 41.6 Å². The molecule has 0 spiro atoms. The Kier molecular flexibility index (Phi) is 4.59. The van der Waals surface area contributed by atoms with Gasteiger partial charge in [0.2, 0.25) is 10.0 Å². The van der Waals surface area contributed by atoms with Gasteiger partial charge in [-0.25, -0.2) is 13.1 Å². The van der Waals surface area contributed by atoms with Crippen LogP contribution in [0.4, 0.5) is 0 Å². The summed E-state index contributed by atoms with van der Waals surface area (Å²) in [5.41, 5.74) is 6.45. The Labute approximate surface area is 140 Å². The van der Waals surface area contributed by atoms with E-state index in [1.165, 1.54) is 17.5 Å². The van der Waals surface area contributed by atoms with Gasteiger partial charge in [-0.1, -0.05) is 0 Å². The van der Waals surface area contributed by atoms with E-state index in [0.717, 1.165) is 0 Å². The lowest BCUT2D eigenvalue weighted by molar-refractivity contribution is 0.0973. The number of hydrogen-bond acceptors (Lipinski definition) is 6. The predicted molar refractivity (Wildman–Crippen MR) is 87.5 cm³/mol. The second-order valence-corrected chi connectivity index (χ2v) is 7.66. The molecule has 0 aliphatic carbocycles. The van der Waals surface area contributed by atoms with Gasteiger partial charge in [-0.05, 0) is 30.7 Å². The molecule has 1 saturated heterocycles. The maximum absolute atomic E-state index is 13.0. The van der Waals surface area contributed by atoms with Crippen molar-refractivity contribution in [1.82, 2.24) is 14.1 Å².